The molecule has 8 heteroatoms. The SMILES string of the molecule is CC(C)(Oc1ccccc1)[C@H](O)C=C[C@@H]1[C@H]2c3cccc(CCC(O)C(F)(F)F)c3O[C@H]2C[C@H]1O. The number of ether oxygens (including phenoxy) is 2. The maximum Gasteiger partial charge on any atom is 0.414 e. The molecule has 0 amide bonds. The zero-order valence-electron chi connectivity index (χ0n) is 19.7. The highest BCUT2D eigenvalue weighted by molar-refractivity contribution is 5.49. The lowest BCUT2D eigenvalue weighted by Crippen LogP contribution is -2.41. The third-order valence-electron chi connectivity index (χ3n) is 6.91. The molecule has 1 unspecified atom stereocenters. The van der Waals surface area contributed by atoms with Crippen molar-refractivity contribution < 1.29 is 38.0 Å². The van der Waals surface area contributed by atoms with Crippen LogP contribution in [-0.2, 0) is 6.42 Å². The van der Waals surface area contributed by atoms with Crippen molar-refractivity contribution in [2.45, 2.75) is 75.2 Å². The van der Waals surface area contributed by atoms with Gasteiger partial charge < -0.3 is 24.8 Å². The fourth-order valence-corrected chi connectivity index (χ4v) is 4.94. The van der Waals surface area contributed by atoms with E-state index in [1.54, 1.807) is 38.1 Å². The van der Waals surface area contributed by atoms with Gasteiger partial charge in [0.1, 0.15) is 35.4 Å². The predicted molar refractivity (Wildman–Crippen MR) is 124 cm³/mol. The van der Waals surface area contributed by atoms with Crippen LogP contribution in [0.2, 0.25) is 0 Å². The largest absolute Gasteiger partial charge is 0.489 e. The zero-order valence-corrected chi connectivity index (χ0v) is 19.7. The maximum absolute atomic E-state index is 12.7. The number of aryl methyl sites for hydroxylation is 1. The number of aliphatic hydroxyl groups is 3. The molecule has 0 radical (unpaired) electrons. The highest BCUT2D eigenvalue weighted by atomic mass is 19.4. The summed E-state index contributed by atoms with van der Waals surface area (Å²) in [5, 5.41) is 30.9. The molecule has 2 aromatic carbocycles. The van der Waals surface area contributed by atoms with Crippen molar-refractivity contribution in [3.05, 3.63) is 71.8 Å². The van der Waals surface area contributed by atoms with Crippen LogP contribution in [0.1, 0.15) is 43.7 Å². The van der Waals surface area contributed by atoms with E-state index in [1.807, 2.05) is 36.4 Å². The van der Waals surface area contributed by atoms with Crippen molar-refractivity contribution in [3.8, 4) is 11.5 Å². The van der Waals surface area contributed by atoms with Crippen LogP contribution in [-0.4, -0.2) is 51.5 Å². The Hall–Kier alpha value is -2.55. The van der Waals surface area contributed by atoms with Gasteiger partial charge in [-0.1, -0.05) is 48.6 Å². The van der Waals surface area contributed by atoms with Crippen molar-refractivity contribution in [3.63, 3.8) is 0 Å². The van der Waals surface area contributed by atoms with Crippen LogP contribution in [0.15, 0.2) is 60.7 Å². The van der Waals surface area contributed by atoms with E-state index in [9.17, 15) is 28.5 Å². The average molecular weight is 493 g/mol. The molecule has 3 N–H and O–H groups in total. The van der Waals surface area contributed by atoms with Gasteiger partial charge in [-0.15, -0.1) is 0 Å². The van der Waals surface area contributed by atoms with E-state index in [0.717, 1.165) is 5.56 Å². The number of halogens is 3. The van der Waals surface area contributed by atoms with E-state index in [1.165, 1.54) is 0 Å². The fourth-order valence-electron chi connectivity index (χ4n) is 4.94. The number of para-hydroxylation sites is 2. The molecule has 35 heavy (non-hydrogen) atoms. The minimum atomic E-state index is -4.66. The van der Waals surface area contributed by atoms with Gasteiger partial charge in [-0.05, 0) is 44.4 Å². The van der Waals surface area contributed by atoms with Gasteiger partial charge in [0.15, 0.2) is 0 Å². The van der Waals surface area contributed by atoms with Crippen LogP contribution in [0.25, 0.3) is 0 Å². The number of benzene rings is 2. The molecule has 4 rings (SSSR count). The van der Waals surface area contributed by atoms with Gasteiger partial charge in [-0.2, -0.15) is 13.2 Å². The summed E-state index contributed by atoms with van der Waals surface area (Å²) in [7, 11) is 0. The highest BCUT2D eigenvalue weighted by Crippen LogP contribution is 2.52. The zero-order chi connectivity index (χ0) is 25.4. The number of alkyl halides is 3. The topological polar surface area (TPSA) is 79.2 Å². The van der Waals surface area contributed by atoms with Gasteiger partial charge in [-0.3, -0.25) is 0 Å². The first-order chi connectivity index (χ1) is 16.5. The van der Waals surface area contributed by atoms with Gasteiger partial charge in [-0.25, -0.2) is 0 Å². The first kappa shape index (κ1) is 25.5. The summed E-state index contributed by atoms with van der Waals surface area (Å²) in [4.78, 5) is 0. The van der Waals surface area contributed by atoms with Crippen molar-refractivity contribution in [1.82, 2.24) is 0 Å². The van der Waals surface area contributed by atoms with Gasteiger partial charge in [0.05, 0.1) is 6.10 Å². The number of rotatable bonds is 8. The van der Waals surface area contributed by atoms with E-state index < -0.39 is 36.5 Å². The normalized spacial score (nSPS) is 25.7. The van der Waals surface area contributed by atoms with Crippen LogP contribution in [0.3, 0.4) is 0 Å². The highest BCUT2D eigenvalue weighted by Gasteiger charge is 2.49. The Morgan fingerprint density at radius 3 is 2.49 bits per heavy atom. The van der Waals surface area contributed by atoms with Crippen LogP contribution < -0.4 is 9.47 Å². The van der Waals surface area contributed by atoms with Crippen LogP contribution >= 0.6 is 0 Å². The second-order valence-corrected chi connectivity index (χ2v) is 9.84. The molecule has 1 heterocycles. The van der Waals surface area contributed by atoms with Crippen molar-refractivity contribution >= 4 is 0 Å². The molecule has 6 atom stereocenters. The van der Waals surface area contributed by atoms with E-state index in [2.05, 4.69) is 0 Å². The van der Waals surface area contributed by atoms with Crippen molar-refractivity contribution in [2.24, 2.45) is 5.92 Å². The number of fused-ring (bicyclic) bond motifs is 3. The molecule has 1 fully saturated rings. The summed E-state index contributed by atoms with van der Waals surface area (Å²) in [6.45, 7) is 3.55. The summed E-state index contributed by atoms with van der Waals surface area (Å²) < 4.78 is 50.2. The van der Waals surface area contributed by atoms with Crippen molar-refractivity contribution in [2.75, 3.05) is 0 Å². The molecule has 0 bridgehead atoms. The summed E-state index contributed by atoms with van der Waals surface area (Å²) in [6.07, 6.45) is -5.64. The monoisotopic (exact) mass is 492 g/mol. The molecule has 1 aliphatic heterocycles. The molecule has 1 saturated carbocycles. The molecule has 190 valence electrons. The summed E-state index contributed by atoms with van der Waals surface area (Å²) in [6, 6.07) is 14.5. The molecule has 0 aromatic heterocycles. The van der Waals surface area contributed by atoms with Gasteiger partial charge in [0.2, 0.25) is 0 Å². The number of aliphatic hydroxyl groups excluding tert-OH is 3. The molecular formula is C27H31F3O5. The van der Waals surface area contributed by atoms with E-state index in [0.29, 0.717) is 23.5 Å². The Kier molecular flexibility index (Phi) is 7.18. The summed E-state index contributed by atoms with van der Waals surface area (Å²) in [5.74, 6) is 0.649. The molecule has 2 aromatic rings. The first-order valence-corrected chi connectivity index (χ1v) is 11.8. The Bertz CT molecular complexity index is 1040. The minimum absolute atomic E-state index is 0.0239. The standard InChI is InChI=1S/C27H31F3O5/c1-26(2,35-17-8-4-3-5-9-17)22(32)14-12-18-20(31)15-21-24(18)19-10-6-7-16(25(19)34-21)11-13-23(33)27(28,29)30/h3-10,12,14,18,20-24,31-33H,11,13,15H2,1-2H3/t18-,20+,21-,22+,23?,24-/m0/s1. The van der Waals surface area contributed by atoms with Gasteiger partial charge in [0, 0.05) is 23.8 Å². The minimum Gasteiger partial charge on any atom is -0.489 e. The molecular weight excluding hydrogens is 461 g/mol. The van der Waals surface area contributed by atoms with E-state index in [4.69, 9.17) is 9.47 Å². The molecule has 2 aliphatic rings. The predicted octanol–water partition coefficient (Wildman–Crippen LogP) is 4.54. The lowest BCUT2D eigenvalue weighted by Gasteiger charge is -2.30. The molecule has 1 aliphatic carbocycles. The quantitative estimate of drug-likeness (QED) is 0.472. The smallest absolute Gasteiger partial charge is 0.414 e. The maximum atomic E-state index is 12.7. The third-order valence-corrected chi connectivity index (χ3v) is 6.91. The Labute approximate surface area is 202 Å². The lowest BCUT2D eigenvalue weighted by molar-refractivity contribution is -0.205. The van der Waals surface area contributed by atoms with E-state index in [-0.39, 0.29) is 24.4 Å². The number of hydrogen-bond donors (Lipinski definition) is 3. The van der Waals surface area contributed by atoms with Gasteiger partial charge >= 0.3 is 6.18 Å². The Balaban J connectivity index is 1.49. The average Bonchev–Trinajstić information content (AvgIpc) is 3.30. The third kappa shape index (κ3) is 5.50. The van der Waals surface area contributed by atoms with Gasteiger partial charge in [0.25, 0.3) is 0 Å². The number of hydrogen-bond acceptors (Lipinski definition) is 5. The molecule has 0 saturated heterocycles. The first-order valence-electron chi connectivity index (χ1n) is 11.8. The van der Waals surface area contributed by atoms with Crippen LogP contribution in [0.5, 0.6) is 11.5 Å². The van der Waals surface area contributed by atoms with E-state index >= 15 is 0 Å². The Morgan fingerprint density at radius 2 is 1.80 bits per heavy atom. The second kappa shape index (κ2) is 9.84. The second-order valence-electron chi connectivity index (χ2n) is 9.84. The summed E-state index contributed by atoms with van der Waals surface area (Å²) in [5.41, 5.74) is 0.515. The Morgan fingerprint density at radius 1 is 1.09 bits per heavy atom. The van der Waals surface area contributed by atoms with Crippen molar-refractivity contribution in [1.29, 1.82) is 0 Å². The van der Waals surface area contributed by atoms with Crippen LogP contribution in [0, 0.1) is 5.92 Å². The van der Waals surface area contributed by atoms with Crippen LogP contribution in [0.4, 0.5) is 13.2 Å². The fraction of sp³-hybridized carbons (Fsp3) is 0.481. The molecule has 5 nitrogen and oxygen atoms in total. The summed E-state index contributed by atoms with van der Waals surface area (Å²) >= 11 is 0. The lowest BCUT2D eigenvalue weighted by atomic mass is 9.86. The molecule has 0 spiro atoms.